The van der Waals surface area contributed by atoms with E-state index in [0.29, 0.717) is 12.6 Å². The van der Waals surface area contributed by atoms with Crippen LogP contribution in [0.25, 0.3) is 0 Å². The molecule has 0 unspecified atom stereocenters. The van der Waals surface area contributed by atoms with Gasteiger partial charge < -0.3 is 14.6 Å². The summed E-state index contributed by atoms with van der Waals surface area (Å²) in [6.45, 7) is 7.96. The Morgan fingerprint density at radius 2 is 1.74 bits per heavy atom. The molecule has 0 aliphatic carbocycles. The number of aliphatic hydroxyl groups is 1. The molecule has 0 radical (unpaired) electrons. The van der Waals surface area contributed by atoms with Crippen molar-refractivity contribution in [3.63, 3.8) is 0 Å². The first-order chi connectivity index (χ1) is 9.03. The average molecular weight is 267 g/mol. The Hall–Kier alpha value is -1.26. The molecule has 1 aromatic carbocycles. The van der Waals surface area contributed by atoms with Crippen LogP contribution in [-0.2, 0) is 6.54 Å². The highest BCUT2D eigenvalue weighted by molar-refractivity contribution is 5.47. The third-order valence-corrected chi connectivity index (χ3v) is 3.33. The standard InChI is InChI=1S/C15H25NO3/c1-11(2)16(6-7-17)10-13-9-15(19-5)14(18-4)8-12(13)3/h8-9,11,17H,6-7,10H2,1-5H3. The van der Waals surface area contributed by atoms with Crippen molar-refractivity contribution < 1.29 is 14.6 Å². The number of methoxy groups -OCH3 is 2. The number of hydrogen-bond acceptors (Lipinski definition) is 4. The lowest BCUT2D eigenvalue weighted by Crippen LogP contribution is -2.33. The Kier molecular flexibility index (Phi) is 6.12. The minimum Gasteiger partial charge on any atom is -0.493 e. The summed E-state index contributed by atoms with van der Waals surface area (Å²) in [5, 5.41) is 9.13. The van der Waals surface area contributed by atoms with Gasteiger partial charge in [-0.3, -0.25) is 4.90 Å². The van der Waals surface area contributed by atoms with Gasteiger partial charge in [-0.05, 0) is 44.0 Å². The molecule has 0 amide bonds. The molecule has 0 spiro atoms. The van der Waals surface area contributed by atoms with Crippen LogP contribution in [0.5, 0.6) is 11.5 Å². The summed E-state index contributed by atoms with van der Waals surface area (Å²) in [7, 11) is 3.29. The number of ether oxygens (including phenoxy) is 2. The number of nitrogens with zero attached hydrogens (tertiary/aromatic N) is 1. The predicted molar refractivity (Wildman–Crippen MR) is 76.9 cm³/mol. The number of benzene rings is 1. The highest BCUT2D eigenvalue weighted by Crippen LogP contribution is 2.30. The van der Waals surface area contributed by atoms with E-state index in [9.17, 15) is 0 Å². The Morgan fingerprint density at radius 1 is 1.16 bits per heavy atom. The molecule has 0 saturated carbocycles. The molecule has 0 aromatic heterocycles. The SMILES string of the molecule is COc1cc(C)c(CN(CCO)C(C)C)cc1OC. The van der Waals surface area contributed by atoms with Crippen molar-refractivity contribution in [2.75, 3.05) is 27.4 Å². The summed E-state index contributed by atoms with van der Waals surface area (Å²) in [4.78, 5) is 2.23. The molecule has 1 rings (SSSR count). The largest absolute Gasteiger partial charge is 0.493 e. The van der Waals surface area contributed by atoms with Crippen molar-refractivity contribution in [3.8, 4) is 11.5 Å². The van der Waals surface area contributed by atoms with Gasteiger partial charge in [0.1, 0.15) is 0 Å². The first-order valence-electron chi connectivity index (χ1n) is 6.59. The fourth-order valence-electron chi connectivity index (χ4n) is 2.06. The van der Waals surface area contributed by atoms with Crippen LogP contribution < -0.4 is 9.47 Å². The topological polar surface area (TPSA) is 41.9 Å². The highest BCUT2D eigenvalue weighted by Gasteiger charge is 2.14. The number of aryl methyl sites for hydroxylation is 1. The van der Waals surface area contributed by atoms with Gasteiger partial charge in [-0.1, -0.05) is 0 Å². The zero-order chi connectivity index (χ0) is 14.4. The van der Waals surface area contributed by atoms with Gasteiger partial charge in [-0.25, -0.2) is 0 Å². The molecule has 4 heteroatoms. The second-order valence-electron chi connectivity index (χ2n) is 4.92. The van der Waals surface area contributed by atoms with Crippen LogP contribution in [0.1, 0.15) is 25.0 Å². The van der Waals surface area contributed by atoms with E-state index < -0.39 is 0 Å². The molecule has 19 heavy (non-hydrogen) atoms. The fourth-order valence-corrected chi connectivity index (χ4v) is 2.06. The smallest absolute Gasteiger partial charge is 0.161 e. The van der Waals surface area contributed by atoms with E-state index in [-0.39, 0.29) is 6.61 Å². The molecule has 0 fully saturated rings. The maximum Gasteiger partial charge on any atom is 0.161 e. The normalized spacial score (nSPS) is 11.2. The van der Waals surface area contributed by atoms with E-state index in [2.05, 4.69) is 25.7 Å². The van der Waals surface area contributed by atoms with Crippen molar-refractivity contribution in [3.05, 3.63) is 23.3 Å². The minimum atomic E-state index is 0.171. The zero-order valence-corrected chi connectivity index (χ0v) is 12.6. The Morgan fingerprint density at radius 3 is 2.21 bits per heavy atom. The van der Waals surface area contributed by atoms with Crippen molar-refractivity contribution >= 4 is 0 Å². The number of hydrogen-bond donors (Lipinski definition) is 1. The summed E-state index contributed by atoms with van der Waals surface area (Å²) in [5.74, 6) is 1.50. The van der Waals surface area contributed by atoms with E-state index >= 15 is 0 Å². The monoisotopic (exact) mass is 267 g/mol. The second kappa shape index (κ2) is 7.36. The molecular formula is C15H25NO3. The molecule has 0 bridgehead atoms. The van der Waals surface area contributed by atoms with Gasteiger partial charge in [-0.2, -0.15) is 0 Å². The van der Waals surface area contributed by atoms with Crippen LogP contribution in [0.4, 0.5) is 0 Å². The molecule has 0 saturated heterocycles. The van der Waals surface area contributed by atoms with E-state index in [1.807, 2.05) is 12.1 Å². The van der Waals surface area contributed by atoms with Crippen LogP contribution in [0, 0.1) is 6.92 Å². The molecular weight excluding hydrogens is 242 g/mol. The lowest BCUT2D eigenvalue weighted by Gasteiger charge is -2.26. The van der Waals surface area contributed by atoms with Crippen molar-refractivity contribution in [2.45, 2.75) is 33.4 Å². The number of rotatable bonds is 7. The summed E-state index contributed by atoms with van der Waals surface area (Å²) in [5.41, 5.74) is 2.36. The Labute approximate surface area is 115 Å². The van der Waals surface area contributed by atoms with Crippen LogP contribution in [0.3, 0.4) is 0 Å². The summed E-state index contributed by atoms with van der Waals surface area (Å²) in [6, 6.07) is 4.40. The van der Waals surface area contributed by atoms with Gasteiger partial charge in [0, 0.05) is 19.1 Å². The van der Waals surface area contributed by atoms with Crippen LogP contribution in [-0.4, -0.2) is 43.4 Å². The molecule has 0 aliphatic heterocycles. The Bertz CT molecular complexity index is 405. The zero-order valence-electron chi connectivity index (χ0n) is 12.6. The Balaban J connectivity index is 2.99. The third-order valence-electron chi connectivity index (χ3n) is 3.33. The first-order valence-corrected chi connectivity index (χ1v) is 6.59. The molecule has 4 nitrogen and oxygen atoms in total. The van der Waals surface area contributed by atoms with Gasteiger partial charge in [0.05, 0.1) is 20.8 Å². The van der Waals surface area contributed by atoms with Gasteiger partial charge >= 0.3 is 0 Å². The van der Waals surface area contributed by atoms with Gasteiger partial charge in [0.2, 0.25) is 0 Å². The quantitative estimate of drug-likeness (QED) is 0.822. The lowest BCUT2D eigenvalue weighted by atomic mass is 10.1. The van der Waals surface area contributed by atoms with Crippen molar-refractivity contribution in [1.82, 2.24) is 4.90 Å². The van der Waals surface area contributed by atoms with Gasteiger partial charge in [-0.15, -0.1) is 0 Å². The molecule has 1 aromatic rings. The molecule has 1 N–H and O–H groups in total. The highest BCUT2D eigenvalue weighted by atomic mass is 16.5. The summed E-state index contributed by atoms with van der Waals surface area (Å²) in [6.07, 6.45) is 0. The van der Waals surface area contributed by atoms with Gasteiger partial charge in [0.15, 0.2) is 11.5 Å². The van der Waals surface area contributed by atoms with E-state index in [1.165, 1.54) is 11.1 Å². The molecule has 0 atom stereocenters. The maximum atomic E-state index is 9.13. The van der Waals surface area contributed by atoms with E-state index in [1.54, 1.807) is 14.2 Å². The van der Waals surface area contributed by atoms with Crippen LogP contribution >= 0.6 is 0 Å². The van der Waals surface area contributed by atoms with Gasteiger partial charge in [0.25, 0.3) is 0 Å². The van der Waals surface area contributed by atoms with Crippen molar-refractivity contribution in [1.29, 1.82) is 0 Å². The average Bonchev–Trinajstić information content (AvgIpc) is 2.39. The minimum absolute atomic E-state index is 0.171. The van der Waals surface area contributed by atoms with Crippen molar-refractivity contribution in [2.24, 2.45) is 0 Å². The lowest BCUT2D eigenvalue weighted by molar-refractivity contribution is 0.159. The third kappa shape index (κ3) is 4.11. The van der Waals surface area contributed by atoms with E-state index in [4.69, 9.17) is 14.6 Å². The first kappa shape index (κ1) is 15.8. The summed E-state index contributed by atoms with van der Waals surface area (Å²) >= 11 is 0. The second-order valence-corrected chi connectivity index (χ2v) is 4.92. The van der Waals surface area contributed by atoms with E-state index in [0.717, 1.165) is 18.0 Å². The maximum absolute atomic E-state index is 9.13. The van der Waals surface area contributed by atoms with Crippen LogP contribution in [0.15, 0.2) is 12.1 Å². The fraction of sp³-hybridized carbons (Fsp3) is 0.600. The predicted octanol–water partition coefficient (Wildman–Crippen LogP) is 2.21. The van der Waals surface area contributed by atoms with Crippen LogP contribution in [0.2, 0.25) is 0 Å². The number of aliphatic hydroxyl groups excluding tert-OH is 1. The molecule has 0 aliphatic rings. The molecule has 0 heterocycles. The summed E-state index contributed by atoms with van der Waals surface area (Å²) < 4.78 is 10.6. The molecule has 108 valence electrons.